The van der Waals surface area contributed by atoms with E-state index in [1.807, 2.05) is 0 Å². The van der Waals surface area contributed by atoms with Gasteiger partial charge < -0.3 is 21.1 Å². The first-order valence-electron chi connectivity index (χ1n) is 6.44. The van der Waals surface area contributed by atoms with Gasteiger partial charge in [0.2, 0.25) is 5.91 Å². The van der Waals surface area contributed by atoms with E-state index in [9.17, 15) is 22.8 Å². The molecule has 2 unspecified atom stereocenters. The fourth-order valence-corrected chi connectivity index (χ4v) is 2.52. The summed E-state index contributed by atoms with van der Waals surface area (Å²) < 4.78 is 22.1. The second-order valence-corrected chi connectivity index (χ2v) is 7.17. The van der Waals surface area contributed by atoms with Crippen LogP contribution in [0.2, 0.25) is 0 Å². The molecule has 0 saturated carbocycles. The molecule has 0 aromatic carbocycles. The van der Waals surface area contributed by atoms with Crippen LogP contribution in [0.1, 0.15) is 19.3 Å². The van der Waals surface area contributed by atoms with Crippen LogP contribution < -0.4 is 16.0 Å². The van der Waals surface area contributed by atoms with Crippen molar-refractivity contribution in [3.05, 3.63) is 0 Å². The molecule has 10 heteroatoms. The van der Waals surface area contributed by atoms with Gasteiger partial charge in [0.25, 0.3) is 0 Å². The maximum atomic E-state index is 11.7. The number of urea groups is 1. The number of amides is 3. The minimum atomic E-state index is -3.32. The van der Waals surface area contributed by atoms with Crippen molar-refractivity contribution < 1.29 is 27.9 Å². The van der Waals surface area contributed by atoms with E-state index >= 15 is 0 Å². The molecule has 1 aliphatic heterocycles. The van der Waals surface area contributed by atoms with Crippen LogP contribution in [-0.2, 0) is 19.4 Å². The van der Waals surface area contributed by atoms with E-state index in [1.165, 1.54) is 0 Å². The normalized spacial score (nSPS) is 20.2. The van der Waals surface area contributed by atoms with Crippen LogP contribution in [0.15, 0.2) is 0 Å². The van der Waals surface area contributed by atoms with Crippen LogP contribution in [0.5, 0.6) is 0 Å². The lowest BCUT2D eigenvalue weighted by Crippen LogP contribution is -2.55. The summed E-state index contributed by atoms with van der Waals surface area (Å²) in [6.07, 6.45) is 1.93. The van der Waals surface area contributed by atoms with Crippen molar-refractivity contribution in [3.8, 4) is 0 Å². The van der Waals surface area contributed by atoms with Crippen LogP contribution in [0.4, 0.5) is 4.79 Å². The molecule has 120 valence electrons. The molecule has 3 amide bonds. The fraction of sp³-hybridized carbons (Fsp3) is 0.727. The van der Waals surface area contributed by atoms with Gasteiger partial charge in [-0.25, -0.2) is 18.0 Å². The molecule has 0 bridgehead atoms. The molecule has 9 nitrogen and oxygen atoms in total. The number of aliphatic carboxylic acids is 1. The smallest absolute Gasteiger partial charge is 0.326 e. The summed E-state index contributed by atoms with van der Waals surface area (Å²) in [5, 5.41) is 16.1. The van der Waals surface area contributed by atoms with Gasteiger partial charge in [0, 0.05) is 12.8 Å². The molecule has 0 radical (unpaired) electrons. The third kappa shape index (κ3) is 6.43. The highest BCUT2D eigenvalue weighted by Gasteiger charge is 2.26. The summed E-state index contributed by atoms with van der Waals surface area (Å²) in [5.41, 5.74) is 0. The SMILES string of the molecule is CS(=O)(=O)CCC(NC(=O)NC1CCCNC1=O)C(=O)O. The average Bonchev–Trinajstić information content (AvgIpc) is 2.36. The zero-order valence-electron chi connectivity index (χ0n) is 11.6. The van der Waals surface area contributed by atoms with Gasteiger partial charge in [-0.3, -0.25) is 4.79 Å². The monoisotopic (exact) mass is 321 g/mol. The number of carboxylic acids is 1. The van der Waals surface area contributed by atoms with Crippen LogP contribution in [0, 0.1) is 0 Å². The number of hydrogen-bond acceptors (Lipinski definition) is 5. The summed E-state index contributed by atoms with van der Waals surface area (Å²) in [6.45, 7) is 0.546. The van der Waals surface area contributed by atoms with E-state index in [1.54, 1.807) is 0 Å². The molecule has 0 aliphatic carbocycles. The zero-order chi connectivity index (χ0) is 16.0. The van der Waals surface area contributed by atoms with Crippen molar-refractivity contribution in [2.24, 2.45) is 0 Å². The average molecular weight is 321 g/mol. The molecule has 4 N–H and O–H groups in total. The first-order chi connectivity index (χ1) is 9.69. The molecular formula is C11H19N3O6S. The van der Waals surface area contributed by atoms with Crippen molar-refractivity contribution in [3.63, 3.8) is 0 Å². The molecule has 0 aromatic rings. The fourth-order valence-electron chi connectivity index (χ4n) is 1.86. The first kappa shape index (κ1) is 17.2. The van der Waals surface area contributed by atoms with Crippen molar-refractivity contribution in [1.29, 1.82) is 0 Å². The number of hydrogen-bond donors (Lipinski definition) is 4. The molecule has 1 heterocycles. The maximum Gasteiger partial charge on any atom is 0.326 e. The summed E-state index contributed by atoms with van der Waals surface area (Å²) >= 11 is 0. The number of carbonyl (C=O) groups excluding carboxylic acids is 2. The number of carboxylic acid groups (broad SMARTS) is 1. The zero-order valence-corrected chi connectivity index (χ0v) is 12.4. The van der Waals surface area contributed by atoms with Crippen molar-refractivity contribution in [2.75, 3.05) is 18.6 Å². The van der Waals surface area contributed by atoms with E-state index < -0.39 is 33.9 Å². The van der Waals surface area contributed by atoms with Crippen LogP contribution in [0.3, 0.4) is 0 Å². The number of carbonyl (C=O) groups is 3. The number of piperidine rings is 1. The van der Waals surface area contributed by atoms with E-state index in [2.05, 4.69) is 16.0 Å². The standard InChI is InChI=1S/C11H19N3O6S/c1-21(19,20)6-4-8(10(16)17)14-11(18)13-7-3-2-5-12-9(7)15/h7-8H,2-6H2,1H3,(H,12,15)(H,16,17)(H2,13,14,18). The summed E-state index contributed by atoms with van der Waals surface area (Å²) in [5.74, 6) is -2.00. The predicted octanol–water partition coefficient (Wildman–Crippen LogP) is -1.55. The Balaban J connectivity index is 2.52. The lowest BCUT2D eigenvalue weighted by atomic mass is 10.1. The maximum absolute atomic E-state index is 11.7. The largest absolute Gasteiger partial charge is 0.480 e. The Morgan fingerprint density at radius 3 is 2.67 bits per heavy atom. The quantitative estimate of drug-likeness (QED) is 0.467. The van der Waals surface area contributed by atoms with Crippen LogP contribution >= 0.6 is 0 Å². The minimum absolute atomic E-state index is 0.238. The second kappa shape index (κ2) is 7.25. The molecule has 21 heavy (non-hydrogen) atoms. The third-order valence-electron chi connectivity index (χ3n) is 2.97. The highest BCUT2D eigenvalue weighted by Crippen LogP contribution is 2.03. The Morgan fingerprint density at radius 2 is 2.14 bits per heavy atom. The number of nitrogens with one attached hydrogen (secondary N) is 3. The van der Waals surface area contributed by atoms with Gasteiger partial charge in [-0.2, -0.15) is 0 Å². The molecule has 1 saturated heterocycles. The van der Waals surface area contributed by atoms with Crippen LogP contribution in [-0.4, -0.2) is 62.1 Å². The van der Waals surface area contributed by atoms with Gasteiger partial charge >= 0.3 is 12.0 Å². The molecule has 1 aliphatic rings. The summed E-state index contributed by atoms with van der Waals surface area (Å²) in [6, 6.07) is -2.84. The molecular weight excluding hydrogens is 302 g/mol. The highest BCUT2D eigenvalue weighted by molar-refractivity contribution is 7.90. The van der Waals surface area contributed by atoms with Crippen molar-refractivity contribution in [1.82, 2.24) is 16.0 Å². The minimum Gasteiger partial charge on any atom is -0.480 e. The van der Waals surface area contributed by atoms with E-state index in [0.717, 1.165) is 6.26 Å². The lowest BCUT2D eigenvalue weighted by Gasteiger charge is -2.23. The third-order valence-corrected chi connectivity index (χ3v) is 3.95. The summed E-state index contributed by atoms with van der Waals surface area (Å²) in [4.78, 5) is 34.1. The predicted molar refractivity (Wildman–Crippen MR) is 73.5 cm³/mol. The Bertz CT molecular complexity index is 518. The molecule has 1 rings (SSSR count). The Kier molecular flexibility index (Phi) is 5.94. The Hall–Kier alpha value is -1.84. The molecule has 0 spiro atoms. The van der Waals surface area contributed by atoms with Gasteiger partial charge in [0.1, 0.15) is 21.9 Å². The lowest BCUT2D eigenvalue weighted by molar-refractivity contribution is -0.139. The first-order valence-corrected chi connectivity index (χ1v) is 8.50. The van der Waals surface area contributed by atoms with Gasteiger partial charge in [0.15, 0.2) is 0 Å². The molecule has 0 aromatic heterocycles. The second-order valence-electron chi connectivity index (χ2n) is 4.91. The highest BCUT2D eigenvalue weighted by atomic mass is 32.2. The van der Waals surface area contributed by atoms with Gasteiger partial charge in [-0.1, -0.05) is 0 Å². The molecule has 1 fully saturated rings. The van der Waals surface area contributed by atoms with Crippen LogP contribution in [0.25, 0.3) is 0 Å². The van der Waals surface area contributed by atoms with Crippen molar-refractivity contribution in [2.45, 2.75) is 31.3 Å². The topological polar surface area (TPSA) is 142 Å². The van der Waals surface area contributed by atoms with Crippen molar-refractivity contribution >= 4 is 27.7 Å². The van der Waals surface area contributed by atoms with E-state index in [4.69, 9.17) is 5.11 Å². The van der Waals surface area contributed by atoms with E-state index in [0.29, 0.717) is 19.4 Å². The summed E-state index contributed by atoms with van der Waals surface area (Å²) in [7, 11) is -3.32. The molecule has 2 atom stereocenters. The van der Waals surface area contributed by atoms with E-state index in [-0.39, 0.29) is 18.1 Å². The Morgan fingerprint density at radius 1 is 1.48 bits per heavy atom. The van der Waals surface area contributed by atoms with Gasteiger partial charge in [-0.15, -0.1) is 0 Å². The Labute approximate surface area is 122 Å². The van der Waals surface area contributed by atoms with Gasteiger partial charge in [0.05, 0.1) is 5.75 Å². The number of rotatable bonds is 6. The number of sulfone groups is 1. The van der Waals surface area contributed by atoms with Gasteiger partial charge in [-0.05, 0) is 19.3 Å².